The summed E-state index contributed by atoms with van der Waals surface area (Å²) in [5, 5.41) is 4.09. The van der Waals surface area contributed by atoms with E-state index in [1.807, 2.05) is 37.3 Å². The molecule has 0 atom stereocenters. The average molecular weight is 298 g/mol. The molecule has 0 saturated heterocycles. The molecule has 104 valence electrons. The van der Waals surface area contributed by atoms with E-state index < -0.39 is 0 Å². The van der Waals surface area contributed by atoms with E-state index in [0.717, 1.165) is 22.3 Å². The van der Waals surface area contributed by atoms with Gasteiger partial charge in [-0.1, -0.05) is 29.8 Å². The molecule has 0 spiro atoms. The number of para-hydroxylation sites is 1. The number of carbonyl (C=O) groups excluding carboxylic acids is 1. The SMILES string of the molecule is Cc1cc(NC(=O)c2ccnc(Cl)c2)c2ccccc2n1. The van der Waals surface area contributed by atoms with E-state index in [9.17, 15) is 4.79 Å². The molecule has 2 heterocycles. The van der Waals surface area contributed by atoms with Gasteiger partial charge in [0.15, 0.2) is 0 Å². The molecule has 1 amide bonds. The zero-order chi connectivity index (χ0) is 14.8. The summed E-state index contributed by atoms with van der Waals surface area (Å²) in [5.41, 5.74) is 2.89. The standard InChI is InChI=1S/C16H12ClN3O/c1-10-8-14(12-4-2-3-5-13(12)19-10)20-16(21)11-6-7-18-15(17)9-11/h2-9H,1H3,(H,19,20,21). The second-order valence-corrected chi connectivity index (χ2v) is 5.04. The van der Waals surface area contributed by atoms with Crippen LogP contribution in [0.15, 0.2) is 48.7 Å². The number of amides is 1. The van der Waals surface area contributed by atoms with E-state index in [4.69, 9.17) is 11.6 Å². The summed E-state index contributed by atoms with van der Waals surface area (Å²) in [4.78, 5) is 20.6. The molecule has 1 N–H and O–H groups in total. The van der Waals surface area contributed by atoms with Gasteiger partial charge >= 0.3 is 0 Å². The Hall–Kier alpha value is -2.46. The van der Waals surface area contributed by atoms with E-state index >= 15 is 0 Å². The first-order valence-electron chi connectivity index (χ1n) is 6.43. The number of halogens is 1. The number of fused-ring (bicyclic) bond motifs is 1. The van der Waals surface area contributed by atoms with Crippen LogP contribution in [0, 0.1) is 6.92 Å². The summed E-state index contributed by atoms with van der Waals surface area (Å²) in [6.45, 7) is 1.89. The van der Waals surface area contributed by atoms with Gasteiger partial charge in [0.05, 0.1) is 11.2 Å². The fourth-order valence-electron chi connectivity index (χ4n) is 2.15. The number of nitrogens with zero attached hydrogens (tertiary/aromatic N) is 2. The Balaban J connectivity index is 2.00. The van der Waals surface area contributed by atoms with Crippen molar-refractivity contribution in [2.75, 3.05) is 5.32 Å². The fraction of sp³-hybridized carbons (Fsp3) is 0.0625. The van der Waals surface area contributed by atoms with Crippen molar-refractivity contribution >= 4 is 34.1 Å². The maximum absolute atomic E-state index is 12.3. The molecule has 4 nitrogen and oxygen atoms in total. The van der Waals surface area contributed by atoms with E-state index in [1.54, 1.807) is 6.07 Å². The first kappa shape index (κ1) is 13.5. The number of hydrogen-bond donors (Lipinski definition) is 1. The normalized spacial score (nSPS) is 10.6. The van der Waals surface area contributed by atoms with Crippen molar-refractivity contribution < 1.29 is 4.79 Å². The predicted octanol–water partition coefficient (Wildman–Crippen LogP) is 3.84. The molecule has 0 aliphatic carbocycles. The smallest absolute Gasteiger partial charge is 0.255 e. The third kappa shape index (κ3) is 2.85. The van der Waals surface area contributed by atoms with Crippen LogP contribution in [-0.4, -0.2) is 15.9 Å². The lowest BCUT2D eigenvalue weighted by molar-refractivity contribution is 0.102. The van der Waals surface area contributed by atoms with Gasteiger partial charge in [0.2, 0.25) is 0 Å². The van der Waals surface area contributed by atoms with Crippen LogP contribution < -0.4 is 5.32 Å². The van der Waals surface area contributed by atoms with Crippen LogP contribution in [0.4, 0.5) is 5.69 Å². The van der Waals surface area contributed by atoms with Crippen molar-refractivity contribution in [2.45, 2.75) is 6.92 Å². The van der Waals surface area contributed by atoms with Crippen LogP contribution >= 0.6 is 11.6 Å². The summed E-state index contributed by atoms with van der Waals surface area (Å²) in [6.07, 6.45) is 1.51. The monoisotopic (exact) mass is 297 g/mol. The number of anilines is 1. The molecule has 21 heavy (non-hydrogen) atoms. The van der Waals surface area contributed by atoms with Crippen molar-refractivity contribution in [3.63, 3.8) is 0 Å². The highest BCUT2D eigenvalue weighted by Gasteiger charge is 2.10. The molecular weight excluding hydrogens is 286 g/mol. The molecular formula is C16H12ClN3O. The molecule has 1 aromatic carbocycles. The number of benzene rings is 1. The predicted molar refractivity (Wildman–Crippen MR) is 83.7 cm³/mol. The summed E-state index contributed by atoms with van der Waals surface area (Å²) in [5.74, 6) is -0.227. The Kier molecular flexibility index (Phi) is 3.54. The zero-order valence-corrected chi connectivity index (χ0v) is 12.1. The summed E-state index contributed by atoms with van der Waals surface area (Å²) >= 11 is 5.81. The number of aromatic nitrogens is 2. The van der Waals surface area contributed by atoms with Gasteiger partial charge < -0.3 is 5.32 Å². The summed E-state index contributed by atoms with van der Waals surface area (Å²) < 4.78 is 0. The topological polar surface area (TPSA) is 54.9 Å². The molecule has 0 aliphatic rings. The molecule has 0 saturated carbocycles. The molecule has 0 fully saturated rings. The number of hydrogen-bond acceptors (Lipinski definition) is 3. The van der Waals surface area contributed by atoms with Crippen LogP contribution in [-0.2, 0) is 0 Å². The maximum atomic E-state index is 12.3. The number of nitrogens with one attached hydrogen (secondary N) is 1. The highest BCUT2D eigenvalue weighted by atomic mass is 35.5. The number of pyridine rings is 2. The molecule has 0 aliphatic heterocycles. The lowest BCUT2D eigenvalue weighted by atomic mass is 10.1. The lowest BCUT2D eigenvalue weighted by Gasteiger charge is -2.09. The maximum Gasteiger partial charge on any atom is 0.255 e. The molecule has 0 bridgehead atoms. The third-order valence-electron chi connectivity index (χ3n) is 3.08. The van der Waals surface area contributed by atoms with E-state index in [0.29, 0.717) is 10.7 Å². The van der Waals surface area contributed by atoms with Gasteiger partial charge in [-0.2, -0.15) is 0 Å². The summed E-state index contributed by atoms with van der Waals surface area (Å²) in [7, 11) is 0. The lowest BCUT2D eigenvalue weighted by Crippen LogP contribution is -2.12. The molecule has 0 unspecified atom stereocenters. The number of carbonyl (C=O) groups is 1. The molecule has 0 radical (unpaired) electrons. The average Bonchev–Trinajstić information content (AvgIpc) is 2.47. The van der Waals surface area contributed by atoms with Gasteiger partial charge in [-0.05, 0) is 31.2 Å². The number of aryl methyl sites for hydroxylation is 1. The minimum absolute atomic E-state index is 0.227. The van der Waals surface area contributed by atoms with E-state index in [2.05, 4.69) is 15.3 Å². The first-order valence-corrected chi connectivity index (χ1v) is 6.80. The Labute approximate surface area is 126 Å². The quantitative estimate of drug-likeness (QED) is 0.731. The van der Waals surface area contributed by atoms with Crippen molar-refractivity contribution in [1.29, 1.82) is 0 Å². The molecule has 3 aromatic rings. The van der Waals surface area contributed by atoms with Gasteiger partial charge in [0.25, 0.3) is 5.91 Å². The minimum Gasteiger partial charge on any atom is -0.321 e. The Morgan fingerprint density at radius 1 is 1.19 bits per heavy atom. The van der Waals surface area contributed by atoms with Crippen LogP contribution in [0.3, 0.4) is 0 Å². The van der Waals surface area contributed by atoms with Crippen LogP contribution in [0.25, 0.3) is 10.9 Å². The number of rotatable bonds is 2. The zero-order valence-electron chi connectivity index (χ0n) is 11.3. The van der Waals surface area contributed by atoms with Gasteiger partial charge in [-0.3, -0.25) is 9.78 Å². The molecule has 3 rings (SSSR count). The summed E-state index contributed by atoms with van der Waals surface area (Å²) in [6, 6.07) is 12.7. The van der Waals surface area contributed by atoms with E-state index in [-0.39, 0.29) is 5.91 Å². The van der Waals surface area contributed by atoms with Crippen LogP contribution in [0.5, 0.6) is 0 Å². The molecule has 5 heteroatoms. The van der Waals surface area contributed by atoms with Crippen molar-refractivity contribution in [2.24, 2.45) is 0 Å². The third-order valence-corrected chi connectivity index (χ3v) is 3.29. The van der Waals surface area contributed by atoms with Crippen LogP contribution in [0.1, 0.15) is 16.1 Å². The van der Waals surface area contributed by atoms with Crippen LogP contribution in [0.2, 0.25) is 5.15 Å². The second-order valence-electron chi connectivity index (χ2n) is 4.65. The molecule has 2 aromatic heterocycles. The Bertz CT molecular complexity index is 833. The van der Waals surface area contributed by atoms with Gasteiger partial charge in [0, 0.05) is 22.8 Å². The van der Waals surface area contributed by atoms with Gasteiger partial charge in [0.1, 0.15) is 5.15 Å². The van der Waals surface area contributed by atoms with Crippen molar-refractivity contribution in [1.82, 2.24) is 9.97 Å². The second kappa shape index (κ2) is 5.50. The van der Waals surface area contributed by atoms with Crippen molar-refractivity contribution in [3.05, 3.63) is 65.1 Å². The van der Waals surface area contributed by atoms with Gasteiger partial charge in [-0.25, -0.2) is 4.98 Å². The van der Waals surface area contributed by atoms with E-state index in [1.165, 1.54) is 12.3 Å². The van der Waals surface area contributed by atoms with Crippen molar-refractivity contribution in [3.8, 4) is 0 Å². The largest absolute Gasteiger partial charge is 0.321 e. The minimum atomic E-state index is -0.227. The highest BCUT2D eigenvalue weighted by molar-refractivity contribution is 6.29. The highest BCUT2D eigenvalue weighted by Crippen LogP contribution is 2.23. The Morgan fingerprint density at radius 3 is 2.81 bits per heavy atom. The Morgan fingerprint density at radius 2 is 2.00 bits per heavy atom. The first-order chi connectivity index (χ1) is 10.1. The van der Waals surface area contributed by atoms with Gasteiger partial charge in [-0.15, -0.1) is 0 Å². The fourth-order valence-corrected chi connectivity index (χ4v) is 2.32.